The van der Waals surface area contributed by atoms with E-state index in [1.165, 1.54) is 31.7 Å². The van der Waals surface area contributed by atoms with E-state index in [-0.39, 0.29) is 17.0 Å². The SMILES string of the molecule is CCCCCCCCC(c1ccccc1)c1cccc(C(=O)O)c1C(=O)O. The zero-order valence-corrected chi connectivity index (χ0v) is 15.9. The number of carboxylic acids is 2. The van der Waals surface area contributed by atoms with Gasteiger partial charge in [-0.3, -0.25) is 0 Å². The molecule has 0 amide bonds. The molecule has 1 unspecified atom stereocenters. The van der Waals surface area contributed by atoms with Crippen molar-refractivity contribution in [2.75, 3.05) is 0 Å². The van der Waals surface area contributed by atoms with Crippen LogP contribution in [0, 0.1) is 0 Å². The summed E-state index contributed by atoms with van der Waals surface area (Å²) in [4.78, 5) is 23.4. The van der Waals surface area contributed by atoms with E-state index in [1.54, 1.807) is 12.1 Å². The van der Waals surface area contributed by atoms with Crippen LogP contribution in [0.25, 0.3) is 0 Å². The average molecular weight is 368 g/mol. The number of hydrogen-bond acceptors (Lipinski definition) is 2. The van der Waals surface area contributed by atoms with Crippen molar-refractivity contribution in [2.24, 2.45) is 0 Å². The molecule has 2 aromatic carbocycles. The summed E-state index contributed by atoms with van der Waals surface area (Å²) in [5.74, 6) is -2.52. The maximum atomic E-state index is 11.9. The summed E-state index contributed by atoms with van der Waals surface area (Å²) in [5.41, 5.74) is 1.37. The molecule has 2 N–H and O–H groups in total. The van der Waals surface area contributed by atoms with Gasteiger partial charge < -0.3 is 10.2 Å². The highest BCUT2D eigenvalue weighted by molar-refractivity contribution is 6.03. The van der Waals surface area contributed by atoms with Gasteiger partial charge in [0.15, 0.2) is 0 Å². The fourth-order valence-corrected chi connectivity index (χ4v) is 3.59. The predicted molar refractivity (Wildman–Crippen MR) is 107 cm³/mol. The highest BCUT2D eigenvalue weighted by atomic mass is 16.4. The third-order valence-corrected chi connectivity index (χ3v) is 4.96. The van der Waals surface area contributed by atoms with Gasteiger partial charge in [0.1, 0.15) is 0 Å². The first-order chi connectivity index (χ1) is 13.1. The van der Waals surface area contributed by atoms with E-state index in [4.69, 9.17) is 0 Å². The van der Waals surface area contributed by atoms with Crippen molar-refractivity contribution in [2.45, 2.75) is 57.8 Å². The summed E-state index contributed by atoms with van der Waals surface area (Å²) in [5, 5.41) is 19.1. The summed E-state index contributed by atoms with van der Waals surface area (Å²) < 4.78 is 0. The Bertz CT molecular complexity index is 752. The molecule has 1 atom stereocenters. The molecule has 0 aliphatic rings. The van der Waals surface area contributed by atoms with E-state index in [0.29, 0.717) is 5.56 Å². The van der Waals surface area contributed by atoms with E-state index >= 15 is 0 Å². The van der Waals surface area contributed by atoms with E-state index in [0.717, 1.165) is 24.8 Å². The summed E-state index contributed by atoms with van der Waals surface area (Å²) in [6.07, 6.45) is 7.74. The Labute approximate surface area is 160 Å². The molecule has 0 saturated heterocycles. The van der Waals surface area contributed by atoms with Gasteiger partial charge >= 0.3 is 11.9 Å². The highest BCUT2D eigenvalue weighted by Crippen LogP contribution is 2.33. The van der Waals surface area contributed by atoms with E-state index in [9.17, 15) is 19.8 Å². The van der Waals surface area contributed by atoms with Crippen molar-refractivity contribution >= 4 is 11.9 Å². The maximum absolute atomic E-state index is 11.9. The molecule has 0 fully saturated rings. The quantitative estimate of drug-likeness (QED) is 0.479. The van der Waals surface area contributed by atoms with Crippen molar-refractivity contribution in [3.8, 4) is 0 Å². The summed E-state index contributed by atoms with van der Waals surface area (Å²) in [7, 11) is 0. The summed E-state index contributed by atoms with van der Waals surface area (Å²) in [6, 6.07) is 14.5. The molecule has 0 heterocycles. The predicted octanol–water partition coefficient (Wildman–Crippen LogP) is 5.97. The number of carboxylic acid groups (broad SMARTS) is 2. The van der Waals surface area contributed by atoms with Crippen LogP contribution in [0.2, 0.25) is 0 Å². The third kappa shape index (κ3) is 5.68. The van der Waals surface area contributed by atoms with Gasteiger partial charge in [0.05, 0.1) is 11.1 Å². The topological polar surface area (TPSA) is 74.6 Å². The van der Waals surface area contributed by atoms with Crippen LogP contribution in [0.15, 0.2) is 48.5 Å². The van der Waals surface area contributed by atoms with Crippen LogP contribution in [0.1, 0.15) is 89.6 Å². The second-order valence-corrected chi connectivity index (χ2v) is 6.90. The molecule has 0 saturated carbocycles. The molecule has 0 radical (unpaired) electrons. The number of rotatable bonds is 11. The Hall–Kier alpha value is -2.62. The zero-order chi connectivity index (χ0) is 19.6. The van der Waals surface area contributed by atoms with Crippen molar-refractivity contribution in [1.29, 1.82) is 0 Å². The molecule has 0 aromatic heterocycles. The highest BCUT2D eigenvalue weighted by Gasteiger charge is 2.25. The number of aromatic carboxylic acids is 2. The van der Waals surface area contributed by atoms with Crippen LogP contribution in [0.5, 0.6) is 0 Å². The van der Waals surface area contributed by atoms with Crippen molar-refractivity contribution in [1.82, 2.24) is 0 Å². The Morgan fingerprint density at radius 3 is 2.11 bits per heavy atom. The Kier molecular flexibility index (Phi) is 8.05. The van der Waals surface area contributed by atoms with Crippen LogP contribution in [-0.2, 0) is 0 Å². The molecule has 0 aliphatic heterocycles. The lowest BCUT2D eigenvalue weighted by atomic mass is 9.83. The van der Waals surface area contributed by atoms with Crippen LogP contribution >= 0.6 is 0 Å². The van der Waals surface area contributed by atoms with Gasteiger partial charge in [-0.25, -0.2) is 9.59 Å². The number of carbonyl (C=O) groups is 2. The summed E-state index contributed by atoms with van der Waals surface area (Å²) >= 11 is 0. The average Bonchev–Trinajstić information content (AvgIpc) is 2.67. The minimum atomic E-state index is -1.21. The first-order valence-corrected chi connectivity index (χ1v) is 9.70. The summed E-state index contributed by atoms with van der Waals surface area (Å²) in [6.45, 7) is 2.19. The molecule has 2 aromatic rings. The largest absolute Gasteiger partial charge is 0.478 e. The fourth-order valence-electron chi connectivity index (χ4n) is 3.59. The van der Waals surface area contributed by atoms with Crippen LogP contribution in [0.4, 0.5) is 0 Å². The Morgan fingerprint density at radius 1 is 0.815 bits per heavy atom. The number of hydrogen-bond donors (Lipinski definition) is 2. The smallest absolute Gasteiger partial charge is 0.336 e. The zero-order valence-electron chi connectivity index (χ0n) is 15.9. The van der Waals surface area contributed by atoms with Gasteiger partial charge in [0.25, 0.3) is 0 Å². The minimum Gasteiger partial charge on any atom is -0.478 e. The third-order valence-electron chi connectivity index (χ3n) is 4.96. The maximum Gasteiger partial charge on any atom is 0.336 e. The lowest BCUT2D eigenvalue weighted by molar-refractivity contribution is 0.0650. The van der Waals surface area contributed by atoms with Crippen molar-refractivity contribution < 1.29 is 19.8 Å². The van der Waals surface area contributed by atoms with Crippen LogP contribution in [-0.4, -0.2) is 22.2 Å². The van der Waals surface area contributed by atoms with Crippen LogP contribution in [0.3, 0.4) is 0 Å². The molecule has 0 bridgehead atoms. The normalized spacial score (nSPS) is 11.9. The lowest BCUT2D eigenvalue weighted by Gasteiger charge is -2.21. The lowest BCUT2D eigenvalue weighted by Crippen LogP contribution is -2.14. The molecule has 0 spiro atoms. The Morgan fingerprint density at radius 2 is 1.48 bits per heavy atom. The van der Waals surface area contributed by atoms with Gasteiger partial charge in [0.2, 0.25) is 0 Å². The standard InChI is InChI=1S/C23H28O4/c1-2-3-4-5-6-10-14-18(17-12-8-7-9-13-17)19-15-11-16-20(22(24)25)21(19)23(26)27/h7-9,11-13,15-16,18H,2-6,10,14H2,1H3,(H,24,25)(H,26,27). The first-order valence-electron chi connectivity index (χ1n) is 9.70. The van der Waals surface area contributed by atoms with Gasteiger partial charge in [-0.05, 0) is 23.6 Å². The van der Waals surface area contributed by atoms with Gasteiger partial charge in [-0.1, -0.05) is 87.9 Å². The molecule has 27 heavy (non-hydrogen) atoms. The molecular formula is C23H28O4. The molecule has 4 heteroatoms. The fraction of sp³-hybridized carbons (Fsp3) is 0.391. The monoisotopic (exact) mass is 368 g/mol. The molecule has 4 nitrogen and oxygen atoms in total. The minimum absolute atomic E-state index is 0.0927. The number of unbranched alkanes of at least 4 members (excludes halogenated alkanes) is 5. The molecular weight excluding hydrogens is 340 g/mol. The second kappa shape index (κ2) is 10.5. The van der Waals surface area contributed by atoms with E-state index in [2.05, 4.69) is 6.92 Å². The van der Waals surface area contributed by atoms with Gasteiger partial charge in [-0.15, -0.1) is 0 Å². The van der Waals surface area contributed by atoms with Gasteiger partial charge in [-0.2, -0.15) is 0 Å². The first kappa shape index (κ1) is 20.7. The Balaban J connectivity index is 2.32. The van der Waals surface area contributed by atoms with E-state index < -0.39 is 11.9 Å². The molecule has 144 valence electrons. The number of benzene rings is 2. The van der Waals surface area contributed by atoms with Crippen molar-refractivity contribution in [3.63, 3.8) is 0 Å². The van der Waals surface area contributed by atoms with Crippen LogP contribution < -0.4 is 0 Å². The van der Waals surface area contributed by atoms with E-state index in [1.807, 2.05) is 30.3 Å². The molecule has 2 rings (SSSR count). The van der Waals surface area contributed by atoms with Crippen molar-refractivity contribution in [3.05, 3.63) is 70.8 Å². The second-order valence-electron chi connectivity index (χ2n) is 6.90. The van der Waals surface area contributed by atoms with Gasteiger partial charge in [0, 0.05) is 5.92 Å². The molecule has 0 aliphatic carbocycles.